The molecule has 3 rings (SSSR count). The first-order valence-corrected chi connectivity index (χ1v) is 9.77. The molecule has 138 valence electrons. The number of ether oxygens (including phenoxy) is 2. The highest BCUT2D eigenvalue weighted by Gasteiger charge is 2.30. The first-order chi connectivity index (χ1) is 11.9. The summed E-state index contributed by atoms with van der Waals surface area (Å²) in [6, 6.07) is 4.27. The third-order valence-corrected chi connectivity index (χ3v) is 6.49. The van der Waals surface area contributed by atoms with Crippen molar-refractivity contribution >= 4 is 15.9 Å². The van der Waals surface area contributed by atoms with Crippen molar-refractivity contribution in [2.45, 2.75) is 24.3 Å². The molecule has 0 aromatic heterocycles. The largest absolute Gasteiger partial charge is 0.486 e. The number of nitrogens with two attached hydrogens (primary N) is 1. The average Bonchev–Trinajstić information content (AvgIpc) is 2.87. The molecule has 0 bridgehead atoms. The number of carbonyl (C=O) groups excluding carboxylic acids is 1. The van der Waals surface area contributed by atoms with Crippen molar-refractivity contribution < 1.29 is 22.7 Å². The smallest absolute Gasteiger partial charge is 0.243 e. The first-order valence-electron chi connectivity index (χ1n) is 8.33. The van der Waals surface area contributed by atoms with Crippen molar-refractivity contribution in [3.63, 3.8) is 0 Å². The van der Waals surface area contributed by atoms with E-state index < -0.39 is 22.0 Å². The Balaban J connectivity index is 1.77. The Kier molecular flexibility index (Phi) is 5.16. The number of hydrogen-bond acceptors (Lipinski definition) is 6. The molecule has 9 heteroatoms. The van der Waals surface area contributed by atoms with Crippen molar-refractivity contribution in [1.29, 1.82) is 0 Å². The van der Waals surface area contributed by atoms with Crippen LogP contribution in [0.5, 0.6) is 11.5 Å². The van der Waals surface area contributed by atoms with Gasteiger partial charge in [0.1, 0.15) is 13.2 Å². The van der Waals surface area contributed by atoms with Crippen LogP contribution in [-0.2, 0) is 14.8 Å². The molecule has 0 saturated carbocycles. The predicted molar refractivity (Wildman–Crippen MR) is 91.0 cm³/mol. The van der Waals surface area contributed by atoms with Crippen LogP contribution in [0.1, 0.15) is 13.3 Å². The monoisotopic (exact) mass is 369 g/mol. The van der Waals surface area contributed by atoms with Gasteiger partial charge in [-0.25, -0.2) is 8.42 Å². The Labute approximate surface area is 147 Å². The molecule has 2 aliphatic rings. The second kappa shape index (κ2) is 7.19. The number of benzene rings is 1. The summed E-state index contributed by atoms with van der Waals surface area (Å²) >= 11 is 0. The molecule has 0 unspecified atom stereocenters. The van der Waals surface area contributed by atoms with Crippen molar-refractivity contribution in [3.05, 3.63) is 18.2 Å². The van der Waals surface area contributed by atoms with Crippen LogP contribution in [0.25, 0.3) is 0 Å². The second-order valence-corrected chi connectivity index (χ2v) is 8.12. The summed E-state index contributed by atoms with van der Waals surface area (Å²) in [5, 5.41) is 0. The molecular formula is C16H23N3O5S. The van der Waals surface area contributed by atoms with E-state index in [1.807, 2.05) is 4.90 Å². The predicted octanol–water partition coefficient (Wildman–Crippen LogP) is 0.0280. The zero-order valence-corrected chi connectivity index (χ0v) is 15.0. The van der Waals surface area contributed by atoms with E-state index in [9.17, 15) is 13.2 Å². The Morgan fingerprint density at radius 2 is 1.84 bits per heavy atom. The summed E-state index contributed by atoms with van der Waals surface area (Å²) in [4.78, 5) is 13.5. The Bertz CT molecular complexity index is 752. The maximum Gasteiger partial charge on any atom is 0.243 e. The lowest BCUT2D eigenvalue weighted by Crippen LogP contribution is -2.44. The molecule has 1 fully saturated rings. The van der Waals surface area contributed by atoms with Crippen LogP contribution in [-0.4, -0.2) is 69.0 Å². The van der Waals surface area contributed by atoms with Crippen LogP contribution in [0.3, 0.4) is 0 Å². The SMILES string of the molecule is C[C@H](C(N)=O)N1CCCN(S(=O)(=O)c2ccc3c(c2)OCCO3)CC1. The van der Waals surface area contributed by atoms with Crippen molar-refractivity contribution in [3.8, 4) is 11.5 Å². The van der Waals surface area contributed by atoms with E-state index >= 15 is 0 Å². The first kappa shape index (κ1) is 18.0. The van der Waals surface area contributed by atoms with Crippen LogP contribution < -0.4 is 15.2 Å². The molecular weight excluding hydrogens is 346 g/mol. The van der Waals surface area contributed by atoms with Gasteiger partial charge in [-0.15, -0.1) is 0 Å². The van der Waals surface area contributed by atoms with Gasteiger partial charge in [-0.05, 0) is 25.5 Å². The van der Waals surface area contributed by atoms with E-state index in [1.54, 1.807) is 13.0 Å². The molecule has 2 heterocycles. The lowest BCUT2D eigenvalue weighted by atomic mass is 10.2. The van der Waals surface area contributed by atoms with E-state index in [2.05, 4.69) is 0 Å². The Morgan fingerprint density at radius 3 is 2.56 bits per heavy atom. The number of amides is 1. The van der Waals surface area contributed by atoms with Gasteiger partial charge < -0.3 is 15.2 Å². The van der Waals surface area contributed by atoms with Gasteiger partial charge >= 0.3 is 0 Å². The van der Waals surface area contributed by atoms with Gasteiger partial charge in [0.2, 0.25) is 15.9 Å². The molecule has 2 aliphatic heterocycles. The van der Waals surface area contributed by atoms with Gasteiger partial charge in [-0.2, -0.15) is 4.31 Å². The molecule has 1 saturated heterocycles. The van der Waals surface area contributed by atoms with Crippen molar-refractivity contribution in [1.82, 2.24) is 9.21 Å². The lowest BCUT2D eigenvalue weighted by molar-refractivity contribution is -0.122. The van der Waals surface area contributed by atoms with E-state index in [0.29, 0.717) is 57.3 Å². The van der Waals surface area contributed by atoms with Crippen LogP contribution in [0.4, 0.5) is 0 Å². The molecule has 1 aromatic carbocycles. The van der Waals surface area contributed by atoms with Crippen LogP contribution in [0.2, 0.25) is 0 Å². The number of sulfonamides is 1. The topological polar surface area (TPSA) is 102 Å². The molecule has 1 amide bonds. The van der Waals surface area contributed by atoms with E-state index in [4.69, 9.17) is 15.2 Å². The fraction of sp³-hybridized carbons (Fsp3) is 0.562. The number of rotatable bonds is 4. The maximum atomic E-state index is 13.0. The Morgan fingerprint density at radius 1 is 1.12 bits per heavy atom. The summed E-state index contributed by atoms with van der Waals surface area (Å²) < 4.78 is 38.3. The quantitative estimate of drug-likeness (QED) is 0.803. The Hall–Kier alpha value is -1.84. The summed E-state index contributed by atoms with van der Waals surface area (Å²) in [6.45, 7) is 4.42. The van der Waals surface area contributed by atoms with Crippen molar-refractivity contribution in [2.24, 2.45) is 5.73 Å². The van der Waals surface area contributed by atoms with Crippen molar-refractivity contribution in [2.75, 3.05) is 39.4 Å². The number of carbonyl (C=O) groups is 1. The molecule has 0 aliphatic carbocycles. The summed E-state index contributed by atoms with van der Waals surface area (Å²) in [7, 11) is -3.63. The normalized spacial score (nSPS) is 20.7. The summed E-state index contributed by atoms with van der Waals surface area (Å²) in [5.41, 5.74) is 5.36. The van der Waals surface area contributed by atoms with Crippen LogP contribution in [0.15, 0.2) is 23.1 Å². The lowest BCUT2D eigenvalue weighted by Gasteiger charge is -2.25. The van der Waals surface area contributed by atoms with Gasteiger partial charge in [0.15, 0.2) is 11.5 Å². The van der Waals surface area contributed by atoms with E-state index in [-0.39, 0.29) is 4.90 Å². The molecule has 1 atom stereocenters. The van der Waals surface area contributed by atoms with E-state index in [0.717, 1.165) is 0 Å². The number of fused-ring (bicyclic) bond motifs is 1. The molecule has 8 nitrogen and oxygen atoms in total. The number of nitrogens with zero attached hydrogens (tertiary/aromatic N) is 2. The highest BCUT2D eigenvalue weighted by Crippen LogP contribution is 2.33. The maximum absolute atomic E-state index is 13.0. The molecule has 0 spiro atoms. The van der Waals surface area contributed by atoms with Crippen LogP contribution in [0, 0.1) is 0 Å². The highest BCUT2D eigenvalue weighted by molar-refractivity contribution is 7.89. The zero-order chi connectivity index (χ0) is 18.0. The fourth-order valence-corrected chi connectivity index (χ4v) is 4.54. The van der Waals surface area contributed by atoms with Gasteiger partial charge in [0.05, 0.1) is 10.9 Å². The molecule has 2 N–H and O–H groups in total. The minimum atomic E-state index is -3.63. The molecule has 0 radical (unpaired) electrons. The van der Waals surface area contributed by atoms with Gasteiger partial charge in [-0.1, -0.05) is 0 Å². The number of hydrogen-bond donors (Lipinski definition) is 1. The standard InChI is InChI=1S/C16H23N3O5S/c1-12(16(17)20)18-5-2-6-19(8-7-18)25(21,22)13-3-4-14-15(11-13)24-10-9-23-14/h3-4,11-12H,2,5-10H2,1H3,(H2,17,20)/t12-/m1/s1. The van der Waals surface area contributed by atoms with Crippen LogP contribution >= 0.6 is 0 Å². The van der Waals surface area contributed by atoms with Gasteiger partial charge in [0.25, 0.3) is 0 Å². The highest BCUT2D eigenvalue weighted by atomic mass is 32.2. The van der Waals surface area contributed by atoms with Gasteiger partial charge in [0, 0.05) is 32.2 Å². The third kappa shape index (κ3) is 3.73. The third-order valence-electron chi connectivity index (χ3n) is 4.60. The zero-order valence-electron chi connectivity index (χ0n) is 14.2. The minimum Gasteiger partial charge on any atom is -0.486 e. The summed E-state index contributed by atoms with van der Waals surface area (Å²) in [5.74, 6) is 0.608. The number of primary amides is 1. The summed E-state index contributed by atoms with van der Waals surface area (Å²) in [6.07, 6.45) is 0.640. The minimum absolute atomic E-state index is 0.188. The average molecular weight is 369 g/mol. The second-order valence-electron chi connectivity index (χ2n) is 6.18. The molecule has 25 heavy (non-hydrogen) atoms. The van der Waals surface area contributed by atoms with E-state index in [1.165, 1.54) is 16.4 Å². The van der Waals surface area contributed by atoms with Gasteiger partial charge in [-0.3, -0.25) is 9.69 Å². The molecule has 1 aromatic rings. The fourth-order valence-electron chi connectivity index (χ4n) is 3.05.